The van der Waals surface area contributed by atoms with E-state index in [0.717, 1.165) is 34.0 Å². The summed E-state index contributed by atoms with van der Waals surface area (Å²) in [4.78, 5) is 13.5. The Morgan fingerprint density at radius 3 is 2.35 bits per heavy atom. The normalized spacial score (nSPS) is 11.7. The molecular formula is C22H29N2O2+. The van der Waals surface area contributed by atoms with Gasteiger partial charge < -0.3 is 15.0 Å². The molecule has 1 unspecified atom stereocenters. The SMILES string of the molecule is C=CCOc1ccc(C[NH+](C)CC(=O)Nc2c(C)cc(C)cc2C)cc1. The van der Waals surface area contributed by atoms with Gasteiger partial charge in [-0.1, -0.05) is 30.4 Å². The lowest BCUT2D eigenvalue weighted by Gasteiger charge is -2.16. The summed E-state index contributed by atoms with van der Waals surface area (Å²) in [5.74, 6) is 0.859. The van der Waals surface area contributed by atoms with E-state index in [1.54, 1.807) is 6.08 Å². The van der Waals surface area contributed by atoms with Gasteiger partial charge in [0.1, 0.15) is 18.9 Å². The van der Waals surface area contributed by atoms with Crippen molar-refractivity contribution in [3.05, 3.63) is 71.3 Å². The summed E-state index contributed by atoms with van der Waals surface area (Å²) in [6.07, 6.45) is 1.72. The van der Waals surface area contributed by atoms with Crippen molar-refractivity contribution in [2.24, 2.45) is 0 Å². The summed E-state index contributed by atoms with van der Waals surface area (Å²) in [6, 6.07) is 12.2. The Kier molecular flexibility index (Phi) is 6.98. The zero-order valence-electron chi connectivity index (χ0n) is 16.2. The van der Waals surface area contributed by atoms with Gasteiger partial charge in [-0.05, 0) is 56.2 Å². The smallest absolute Gasteiger partial charge is 0.279 e. The highest BCUT2D eigenvalue weighted by atomic mass is 16.5. The number of rotatable bonds is 8. The lowest BCUT2D eigenvalue weighted by Crippen LogP contribution is -3.08. The van der Waals surface area contributed by atoms with Crippen LogP contribution in [0.5, 0.6) is 5.75 Å². The third-order valence-corrected chi connectivity index (χ3v) is 4.20. The topological polar surface area (TPSA) is 42.8 Å². The van der Waals surface area contributed by atoms with Crippen molar-refractivity contribution < 1.29 is 14.4 Å². The highest BCUT2D eigenvalue weighted by Gasteiger charge is 2.13. The Labute approximate surface area is 156 Å². The number of hydrogen-bond donors (Lipinski definition) is 2. The number of carbonyl (C=O) groups is 1. The lowest BCUT2D eigenvalue weighted by molar-refractivity contribution is -0.885. The van der Waals surface area contributed by atoms with Gasteiger partial charge in [-0.3, -0.25) is 4.79 Å². The first-order valence-electron chi connectivity index (χ1n) is 8.90. The van der Waals surface area contributed by atoms with E-state index in [2.05, 4.69) is 31.0 Å². The van der Waals surface area contributed by atoms with E-state index in [1.807, 2.05) is 45.2 Å². The zero-order valence-corrected chi connectivity index (χ0v) is 16.2. The molecule has 0 aliphatic carbocycles. The molecule has 2 aromatic rings. The third kappa shape index (κ3) is 5.74. The summed E-state index contributed by atoms with van der Waals surface area (Å²) < 4.78 is 5.49. The molecule has 0 heterocycles. The van der Waals surface area contributed by atoms with Crippen LogP contribution >= 0.6 is 0 Å². The maximum atomic E-state index is 12.4. The van der Waals surface area contributed by atoms with Gasteiger partial charge >= 0.3 is 0 Å². The fourth-order valence-corrected chi connectivity index (χ4v) is 3.10. The van der Waals surface area contributed by atoms with Crippen LogP contribution in [0.15, 0.2) is 49.1 Å². The number of anilines is 1. The Morgan fingerprint density at radius 1 is 1.15 bits per heavy atom. The van der Waals surface area contributed by atoms with E-state index >= 15 is 0 Å². The van der Waals surface area contributed by atoms with Crippen LogP contribution in [0.4, 0.5) is 5.69 Å². The van der Waals surface area contributed by atoms with E-state index in [9.17, 15) is 4.79 Å². The molecule has 26 heavy (non-hydrogen) atoms. The van der Waals surface area contributed by atoms with Crippen LogP contribution in [0.3, 0.4) is 0 Å². The summed E-state index contributed by atoms with van der Waals surface area (Å²) >= 11 is 0. The first kappa shape index (κ1) is 19.7. The average Bonchev–Trinajstić information content (AvgIpc) is 2.57. The molecule has 0 aliphatic rings. The van der Waals surface area contributed by atoms with Gasteiger partial charge in [-0.15, -0.1) is 0 Å². The summed E-state index contributed by atoms with van der Waals surface area (Å²) in [5, 5.41) is 3.07. The number of hydrogen-bond acceptors (Lipinski definition) is 2. The molecule has 0 aliphatic heterocycles. The highest BCUT2D eigenvalue weighted by molar-refractivity contribution is 5.93. The fraction of sp³-hybridized carbons (Fsp3) is 0.318. The largest absolute Gasteiger partial charge is 0.490 e. The van der Waals surface area contributed by atoms with Crippen LogP contribution in [0.1, 0.15) is 22.3 Å². The Bertz CT molecular complexity index is 743. The molecule has 138 valence electrons. The standard InChI is InChI=1S/C22H28N2O2/c1-6-11-26-20-9-7-19(8-10-20)14-24(5)15-21(25)23-22-17(3)12-16(2)13-18(22)4/h6-10,12-13H,1,11,14-15H2,2-5H3,(H,23,25)/p+1. The molecule has 2 aromatic carbocycles. The van der Waals surface area contributed by atoms with Crippen LogP contribution in [-0.2, 0) is 11.3 Å². The van der Waals surface area contributed by atoms with Gasteiger partial charge in [0, 0.05) is 11.3 Å². The van der Waals surface area contributed by atoms with Crippen LogP contribution in [0.25, 0.3) is 0 Å². The minimum Gasteiger partial charge on any atom is -0.490 e. The van der Waals surface area contributed by atoms with Gasteiger partial charge in [0.15, 0.2) is 6.54 Å². The number of benzene rings is 2. The lowest BCUT2D eigenvalue weighted by atomic mass is 10.1. The Morgan fingerprint density at radius 2 is 1.77 bits per heavy atom. The molecule has 0 saturated heterocycles. The van der Waals surface area contributed by atoms with Gasteiger partial charge in [0.25, 0.3) is 5.91 Å². The van der Waals surface area contributed by atoms with Crippen molar-refractivity contribution >= 4 is 11.6 Å². The molecule has 0 aromatic heterocycles. The van der Waals surface area contributed by atoms with E-state index in [0.29, 0.717) is 13.2 Å². The van der Waals surface area contributed by atoms with Crippen LogP contribution in [0.2, 0.25) is 0 Å². The second-order valence-electron chi connectivity index (χ2n) is 6.88. The maximum absolute atomic E-state index is 12.4. The molecule has 0 saturated carbocycles. The first-order valence-corrected chi connectivity index (χ1v) is 8.90. The quantitative estimate of drug-likeness (QED) is 0.717. The molecule has 2 N–H and O–H groups in total. The Hall–Kier alpha value is -2.59. The van der Waals surface area contributed by atoms with Crippen molar-refractivity contribution in [3.8, 4) is 5.75 Å². The van der Waals surface area contributed by atoms with E-state index in [-0.39, 0.29) is 5.91 Å². The molecule has 0 fully saturated rings. The minimum atomic E-state index is 0.0310. The molecule has 0 radical (unpaired) electrons. The first-order chi connectivity index (χ1) is 12.4. The molecule has 0 bridgehead atoms. The predicted octanol–water partition coefficient (Wildman–Crippen LogP) is 2.83. The number of quaternary nitrogens is 1. The van der Waals surface area contributed by atoms with E-state index < -0.39 is 0 Å². The van der Waals surface area contributed by atoms with Crippen molar-refractivity contribution in [2.75, 3.05) is 25.5 Å². The maximum Gasteiger partial charge on any atom is 0.279 e. The fourth-order valence-electron chi connectivity index (χ4n) is 3.10. The predicted molar refractivity (Wildman–Crippen MR) is 107 cm³/mol. The zero-order chi connectivity index (χ0) is 19.1. The molecule has 4 nitrogen and oxygen atoms in total. The van der Waals surface area contributed by atoms with Gasteiger partial charge in [0.05, 0.1) is 7.05 Å². The van der Waals surface area contributed by atoms with Crippen molar-refractivity contribution in [2.45, 2.75) is 27.3 Å². The van der Waals surface area contributed by atoms with Crippen molar-refractivity contribution in [1.29, 1.82) is 0 Å². The second kappa shape index (κ2) is 9.20. The number of ether oxygens (including phenoxy) is 1. The van der Waals surface area contributed by atoms with E-state index in [4.69, 9.17) is 4.74 Å². The van der Waals surface area contributed by atoms with Crippen molar-refractivity contribution in [3.63, 3.8) is 0 Å². The molecule has 1 amide bonds. The number of likely N-dealkylation sites (N-methyl/N-ethyl adjacent to an activating group) is 1. The number of aryl methyl sites for hydroxylation is 3. The summed E-state index contributed by atoms with van der Waals surface area (Å²) in [6.45, 7) is 11.5. The molecule has 1 atom stereocenters. The van der Waals surface area contributed by atoms with Crippen LogP contribution < -0.4 is 15.0 Å². The average molecular weight is 353 g/mol. The van der Waals surface area contributed by atoms with Crippen LogP contribution in [-0.4, -0.2) is 26.1 Å². The summed E-state index contributed by atoms with van der Waals surface area (Å²) in [7, 11) is 2.02. The van der Waals surface area contributed by atoms with Gasteiger partial charge in [0.2, 0.25) is 0 Å². The number of nitrogens with one attached hydrogen (secondary N) is 2. The van der Waals surface area contributed by atoms with Gasteiger partial charge in [-0.2, -0.15) is 0 Å². The number of amides is 1. The molecule has 0 spiro atoms. The second-order valence-corrected chi connectivity index (χ2v) is 6.88. The van der Waals surface area contributed by atoms with E-state index in [1.165, 1.54) is 11.1 Å². The third-order valence-electron chi connectivity index (χ3n) is 4.20. The molecule has 2 rings (SSSR count). The van der Waals surface area contributed by atoms with Crippen LogP contribution in [0, 0.1) is 20.8 Å². The Balaban J connectivity index is 1.90. The molecule has 4 heteroatoms. The number of carbonyl (C=O) groups excluding carboxylic acids is 1. The molecular weight excluding hydrogens is 324 g/mol. The monoisotopic (exact) mass is 353 g/mol. The van der Waals surface area contributed by atoms with Gasteiger partial charge in [-0.25, -0.2) is 0 Å². The highest BCUT2D eigenvalue weighted by Crippen LogP contribution is 2.21. The minimum absolute atomic E-state index is 0.0310. The summed E-state index contributed by atoms with van der Waals surface area (Å²) in [5.41, 5.74) is 5.51. The van der Waals surface area contributed by atoms with Crippen molar-refractivity contribution in [1.82, 2.24) is 0 Å².